The lowest BCUT2D eigenvalue weighted by Gasteiger charge is -2.37. The Hall–Kier alpha value is -2.46. The van der Waals surface area contributed by atoms with Gasteiger partial charge in [-0.2, -0.15) is 0 Å². The summed E-state index contributed by atoms with van der Waals surface area (Å²) < 4.78 is 5.96. The van der Waals surface area contributed by atoms with Gasteiger partial charge in [0.15, 0.2) is 5.78 Å². The number of carbonyl (C=O) groups excluding carboxylic acids is 2. The van der Waals surface area contributed by atoms with Crippen LogP contribution in [0.3, 0.4) is 0 Å². The summed E-state index contributed by atoms with van der Waals surface area (Å²) in [6, 6.07) is 19.2. The zero-order chi connectivity index (χ0) is 18.2. The van der Waals surface area contributed by atoms with Gasteiger partial charge in [0.05, 0.1) is 0 Å². The number of ether oxygens (including phenoxy) is 1. The number of Topliss-reactive ketones (excluding diaryl/α,β-unsaturated/α-hetero) is 1. The van der Waals surface area contributed by atoms with Crippen molar-refractivity contribution in [3.63, 3.8) is 0 Å². The van der Waals surface area contributed by atoms with Crippen LogP contribution in [0.25, 0.3) is 0 Å². The van der Waals surface area contributed by atoms with Gasteiger partial charge in [0, 0.05) is 31.2 Å². The van der Waals surface area contributed by atoms with Crippen molar-refractivity contribution in [2.75, 3.05) is 13.1 Å². The van der Waals surface area contributed by atoms with Crippen LogP contribution in [0.15, 0.2) is 60.7 Å². The summed E-state index contributed by atoms with van der Waals surface area (Å²) in [4.78, 5) is 24.6. The molecule has 4 heteroatoms. The Bertz CT molecular complexity index is 722. The molecular weight excluding hydrogens is 326 g/mol. The van der Waals surface area contributed by atoms with Gasteiger partial charge in [-0.3, -0.25) is 9.59 Å². The number of hydrogen-bond donors (Lipinski definition) is 1. The van der Waals surface area contributed by atoms with E-state index >= 15 is 0 Å². The normalized spacial score (nSPS) is 16.0. The summed E-state index contributed by atoms with van der Waals surface area (Å²) >= 11 is 0. The minimum Gasteiger partial charge on any atom is -0.454 e. The fraction of sp³-hybridized carbons (Fsp3) is 0.364. The van der Waals surface area contributed by atoms with Crippen molar-refractivity contribution in [1.82, 2.24) is 5.32 Å². The molecule has 0 spiro atoms. The molecule has 2 aromatic rings. The van der Waals surface area contributed by atoms with Crippen molar-refractivity contribution >= 4 is 11.8 Å². The Morgan fingerprint density at radius 3 is 2.15 bits per heavy atom. The van der Waals surface area contributed by atoms with Crippen LogP contribution in [-0.2, 0) is 15.1 Å². The van der Waals surface area contributed by atoms with Gasteiger partial charge in [-0.15, -0.1) is 0 Å². The predicted octanol–water partition coefficient (Wildman–Crippen LogP) is 3.86. The SMILES string of the molecule is O=C(CCCC(=O)c1ccccc1)OC1(c2ccccc2)CCNCC1. The quantitative estimate of drug-likeness (QED) is 0.608. The molecule has 136 valence electrons. The summed E-state index contributed by atoms with van der Waals surface area (Å²) in [6.45, 7) is 1.66. The van der Waals surface area contributed by atoms with Crippen molar-refractivity contribution < 1.29 is 14.3 Å². The number of rotatable bonds is 7. The summed E-state index contributed by atoms with van der Waals surface area (Å²) in [5, 5.41) is 3.32. The molecule has 1 N–H and O–H groups in total. The number of benzene rings is 2. The second kappa shape index (κ2) is 8.77. The van der Waals surface area contributed by atoms with Gasteiger partial charge in [-0.1, -0.05) is 60.7 Å². The molecule has 1 fully saturated rings. The van der Waals surface area contributed by atoms with E-state index in [1.54, 1.807) is 12.1 Å². The molecule has 0 saturated carbocycles. The third kappa shape index (κ3) is 4.58. The summed E-state index contributed by atoms with van der Waals surface area (Å²) in [5.74, 6) is -0.158. The summed E-state index contributed by atoms with van der Waals surface area (Å²) in [7, 11) is 0. The number of esters is 1. The molecule has 1 heterocycles. The number of carbonyl (C=O) groups is 2. The maximum absolute atomic E-state index is 12.5. The van der Waals surface area contributed by atoms with Gasteiger partial charge in [0.1, 0.15) is 5.60 Å². The van der Waals surface area contributed by atoms with Gasteiger partial charge in [0.25, 0.3) is 0 Å². The predicted molar refractivity (Wildman–Crippen MR) is 101 cm³/mol. The smallest absolute Gasteiger partial charge is 0.306 e. The van der Waals surface area contributed by atoms with Crippen molar-refractivity contribution in [2.24, 2.45) is 0 Å². The molecule has 0 amide bonds. The molecule has 0 atom stereocenters. The highest BCUT2D eigenvalue weighted by atomic mass is 16.6. The molecule has 0 radical (unpaired) electrons. The van der Waals surface area contributed by atoms with Gasteiger partial charge in [-0.25, -0.2) is 0 Å². The maximum atomic E-state index is 12.5. The average Bonchev–Trinajstić information content (AvgIpc) is 2.70. The van der Waals surface area contributed by atoms with Crippen LogP contribution in [0.2, 0.25) is 0 Å². The van der Waals surface area contributed by atoms with E-state index in [-0.39, 0.29) is 18.2 Å². The van der Waals surface area contributed by atoms with Crippen molar-refractivity contribution in [2.45, 2.75) is 37.7 Å². The van der Waals surface area contributed by atoms with Gasteiger partial charge in [0.2, 0.25) is 0 Å². The van der Waals surface area contributed by atoms with Gasteiger partial charge >= 0.3 is 5.97 Å². The first-order valence-corrected chi connectivity index (χ1v) is 9.26. The fourth-order valence-electron chi connectivity index (χ4n) is 3.45. The highest BCUT2D eigenvalue weighted by molar-refractivity contribution is 5.96. The largest absolute Gasteiger partial charge is 0.454 e. The summed E-state index contributed by atoms with van der Waals surface area (Å²) in [6.07, 6.45) is 2.67. The zero-order valence-electron chi connectivity index (χ0n) is 14.9. The second-order valence-electron chi connectivity index (χ2n) is 6.73. The Morgan fingerprint density at radius 1 is 0.885 bits per heavy atom. The third-order valence-corrected chi connectivity index (χ3v) is 4.90. The molecule has 4 nitrogen and oxygen atoms in total. The molecule has 26 heavy (non-hydrogen) atoms. The van der Waals surface area contributed by atoms with E-state index in [1.807, 2.05) is 48.5 Å². The molecule has 1 aliphatic heterocycles. The topological polar surface area (TPSA) is 55.4 Å². The first-order chi connectivity index (χ1) is 12.7. The van der Waals surface area contributed by atoms with Crippen LogP contribution >= 0.6 is 0 Å². The highest BCUT2D eigenvalue weighted by Crippen LogP contribution is 2.35. The van der Waals surface area contributed by atoms with Crippen LogP contribution in [-0.4, -0.2) is 24.8 Å². The van der Waals surface area contributed by atoms with Crippen LogP contribution < -0.4 is 5.32 Å². The second-order valence-corrected chi connectivity index (χ2v) is 6.73. The minimum atomic E-state index is -0.549. The lowest BCUT2D eigenvalue weighted by atomic mass is 9.84. The van der Waals surface area contributed by atoms with Crippen molar-refractivity contribution in [3.05, 3.63) is 71.8 Å². The van der Waals surface area contributed by atoms with Crippen LogP contribution in [0.1, 0.15) is 48.0 Å². The zero-order valence-corrected chi connectivity index (χ0v) is 14.9. The first-order valence-electron chi connectivity index (χ1n) is 9.26. The van der Waals surface area contributed by atoms with E-state index in [0.29, 0.717) is 18.4 Å². The van der Waals surface area contributed by atoms with Crippen molar-refractivity contribution in [1.29, 1.82) is 0 Å². The Labute approximate surface area is 154 Å². The van der Waals surface area contributed by atoms with Gasteiger partial charge in [-0.05, 0) is 25.1 Å². The minimum absolute atomic E-state index is 0.0676. The molecule has 2 aromatic carbocycles. The van der Waals surface area contributed by atoms with Crippen LogP contribution in [0, 0.1) is 0 Å². The molecule has 0 aliphatic carbocycles. The number of nitrogens with one attached hydrogen (secondary N) is 1. The molecule has 0 unspecified atom stereocenters. The standard InChI is InChI=1S/C22H25NO3/c24-20(18-8-3-1-4-9-18)12-7-13-21(25)26-22(14-16-23-17-15-22)19-10-5-2-6-11-19/h1-6,8-11,23H,7,12-17H2. The van der Waals surface area contributed by atoms with E-state index in [1.165, 1.54) is 0 Å². The monoisotopic (exact) mass is 351 g/mol. The van der Waals surface area contributed by atoms with E-state index in [4.69, 9.17) is 4.74 Å². The number of piperidine rings is 1. The molecule has 1 aliphatic rings. The Morgan fingerprint density at radius 2 is 1.50 bits per heavy atom. The van der Waals surface area contributed by atoms with E-state index < -0.39 is 5.60 Å². The molecular formula is C22H25NO3. The van der Waals surface area contributed by atoms with Crippen LogP contribution in [0.5, 0.6) is 0 Å². The van der Waals surface area contributed by atoms with Crippen molar-refractivity contribution in [3.8, 4) is 0 Å². The fourth-order valence-corrected chi connectivity index (χ4v) is 3.45. The molecule has 0 aromatic heterocycles. The lowest BCUT2D eigenvalue weighted by Crippen LogP contribution is -2.43. The first kappa shape index (κ1) is 18.3. The highest BCUT2D eigenvalue weighted by Gasteiger charge is 2.37. The van der Waals surface area contributed by atoms with E-state index in [2.05, 4.69) is 5.32 Å². The molecule has 1 saturated heterocycles. The maximum Gasteiger partial charge on any atom is 0.306 e. The van der Waals surface area contributed by atoms with Crippen LogP contribution in [0.4, 0.5) is 0 Å². The van der Waals surface area contributed by atoms with E-state index in [0.717, 1.165) is 31.5 Å². The van der Waals surface area contributed by atoms with Gasteiger partial charge < -0.3 is 10.1 Å². The molecule has 3 rings (SSSR count). The average molecular weight is 351 g/mol. The number of ketones is 1. The Balaban J connectivity index is 1.56. The lowest BCUT2D eigenvalue weighted by molar-refractivity contribution is -0.164. The third-order valence-electron chi connectivity index (χ3n) is 4.90. The Kier molecular flexibility index (Phi) is 6.18. The summed E-state index contributed by atoms with van der Waals surface area (Å²) in [5.41, 5.74) is 1.20. The molecule has 0 bridgehead atoms. The van der Waals surface area contributed by atoms with E-state index in [9.17, 15) is 9.59 Å². The number of hydrogen-bond acceptors (Lipinski definition) is 4.